The molecule has 0 spiro atoms. The van der Waals surface area contributed by atoms with Gasteiger partial charge < -0.3 is 24.6 Å². The maximum Gasteiger partial charge on any atom is 0.355 e. The number of carbonyl (C=O) groups is 5. The minimum Gasteiger partial charge on any atom is -0.488 e. The first-order chi connectivity index (χ1) is 25.4. The molecule has 4 fully saturated rings. The summed E-state index contributed by atoms with van der Waals surface area (Å²) in [7, 11) is 0. The number of primary amides is 1. The number of benzene rings is 2. The van der Waals surface area contributed by atoms with Crippen molar-refractivity contribution in [3.05, 3.63) is 89.7 Å². The van der Waals surface area contributed by atoms with E-state index in [1.165, 1.54) is 17.1 Å². The van der Waals surface area contributed by atoms with Crippen LogP contribution in [0.3, 0.4) is 0 Å². The largest absolute Gasteiger partial charge is 0.488 e. The van der Waals surface area contributed by atoms with Gasteiger partial charge in [0.05, 0.1) is 37.5 Å². The first kappa shape index (κ1) is 36.3. The molecule has 5 heterocycles. The summed E-state index contributed by atoms with van der Waals surface area (Å²) >= 11 is 0. The summed E-state index contributed by atoms with van der Waals surface area (Å²) in [6.07, 6.45) is 6.29. The van der Waals surface area contributed by atoms with Crippen molar-refractivity contribution < 1.29 is 47.7 Å². The molecule has 3 unspecified atom stereocenters. The highest BCUT2D eigenvalue weighted by Gasteiger charge is 2.61. The highest BCUT2D eigenvalue weighted by atomic mass is 17.2. The van der Waals surface area contributed by atoms with Gasteiger partial charge in [-0.1, -0.05) is 56.8 Å². The van der Waals surface area contributed by atoms with Crippen molar-refractivity contribution in [1.82, 2.24) is 4.90 Å². The predicted octanol–water partition coefficient (Wildman–Crippen LogP) is 4.41. The number of nitrogens with two attached hydrogens (primary N) is 1. The minimum atomic E-state index is -0.837. The maximum absolute atomic E-state index is 13.8. The molecule has 6 aliphatic rings. The number of quaternary nitrogens is 1. The van der Waals surface area contributed by atoms with Crippen molar-refractivity contribution in [3.63, 3.8) is 0 Å². The second kappa shape index (κ2) is 14.1. The molecule has 2 amide bonds. The number of ether oxygens (including phenoxy) is 2. The molecule has 12 nitrogen and oxygen atoms in total. The Balaban J connectivity index is 1.11. The Labute approximate surface area is 308 Å². The van der Waals surface area contributed by atoms with Gasteiger partial charge in [-0.2, -0.15) is 4.89 Å². The van der Waals surface area contributed by atoms with Crippen LogP contribution in [-0.2, 0) is 40.2 Å². The summed E-state index contributed by atoms with van der Waals surface area (Å²) in [5.41, 5.74) is 10.00. The van der Waals surface area contributed by atoms with Crippen LogP contribution in [0, 0.1) is 23.2 Å². The number of rotatable bonds is 15. The molecule has 2 N–H and O–H groups in total. The van der Waals surface area contributed by atoms with Crippen LogP contribution in [0.4, 0.5) is 0 Å². The summed E-state index contributed by atoms with van der Waals surface area (Å²) in [6, 6.07) is 11.0. The van der Waals surface area contributed by atoms with Gasteiger partial charge in [0.2, 0.25) is 11.8 Å². The lowest BCUT2D eigenvalue weighted by molar-refractivity contribution is -0.957. The summed E-state index contributed by atoms with van der Waals surface area (Å²) in [6.45, 7) is 14.3. The highest BCUT2D eigenvalue weighted by molar-refractivity contribution is 6.22. The number of nitrogens with zero attached hydrogens (tertiary/aromatic N) is 2. The number of hydrogen-bond acceptors (Lipinski definition) is 9. The van der Waals surface area contributed by atoms with Crippen LogP contribution in [0.5, 0.6) is 5.75 Å². The number of amides is 2. The van der Waals surface area contributed by atoms with Gasteiger partial charge >= 0.3 is 11.9 Å². The molecule has 2 aromatic rings. The monoisotopic (exact) mass is 724 g/mol. The van der Waals surface area contributed by atoms with Crippen molar-refractivity contribution in [2.75, 3.05) is 39.5 Å². The average molecular weight is 725 g/mol. The van der Waals surface area contributed by atoms with Crippen LogP contribution >= 0.6 is 0 Å². The van der Waals surface area contributed by atoms with Crippen molar-refractivity contribution in [3.8, 4) is 16.9 Å². The molecule has 4 saturated heterocycles. The van der Waals surface area contributed by atoms with Gasteiger partial charge in [0.15, 0.2) is 5.78 Å². The predicted molar refractivity (Wildman–Crippen MR) is 192 cm³/mol. The normalized spacial score (nSPS) is 27.0. The average Bonchev–Trinajstić information content (AvgIpc) is 3.57. The third-order valence-corrected chi connectivity index (χ3v) is 12.2. The minimum absolute atomic E-state index is 0.00706. The topological polar surface area (TPSA) is 152 Å². The van der Waals surface area contributed by atoms with E-state index in [9.17, 15) is 24.0 Å². The van der Waals surface area contributed by atoms with E-state index in [0.717, 1.165) is 61.1 Å². The molecule has 5 aliphatic heterocycles. The number of piperidine rings is 3. The third-order valence-electron chi connectivity index (χ3n) is 12.2. The second-order valence-corrected chi connectivity index (χ2v) is 15.3. The van der Waals surface area contributed by atoms with E-state index < -0.39 is 35.7 Å². The lowest BCUT2D eigenvalue weighted by Gasteiger charge is -2.54. The Hall–Kier alpha value is -5.07. The zero-order valence-electron chi connectivity index (χ0n) is 30.3. The number of hydrogen-bond donors (Lipinski definition) is 1. The van der Waals surface area contributed by atoms with Crippen LogP contribution < -0.4 is 10.5 Å². The zero-order valence-corrected chi connectivity index (χ0v) is 30.3. The smallest absolute Gasteiger partial charge is 0.355 e. The molecule has 2 aromatic carbocycles. The number of ketones is 1. The van der Waals surface area contributed by atoms with E-state index >= 15 is 0 Å². The van der Waals surface area contributed by atoms with Crippen LogP contribution in [0.2, 0.25) is 0 Å². The van der Waals surface area contributed by atoms with Crippen molar-refractivity contribution >= 4 is 29.5 Å². The number of carbonyl (C=O) groups excluding carboxylic acids is 5. The summed E-state index contributed by atoms with van der Waals surface area (Å²) < 4.78 is 12.8. The van der Waals surface area contributed by atoms with Gasteiger partial charge in [-0.3, -0.25) is 19.3 Å². The third kappa shape index (κ3) is 6.27. The Kier molecular flexibility index (Phi) is 9.62. The molecule has 2 bridgehead atoms. The van der Waals surface area contributed by atoms with Crippen molar-refractivity contribution in [2.24, 2.45) is 28.9 Å². The first-order valence-corrected chi connectivity index (χ1v) is 18.3. The molecule has 0 aromatic heterocycles. The molecule has 8 rings (SSSR count). The first-order valence-electron chi connectivity index (χ1n) is 18.3. The zero-order chi connectivity index (χ0) is 37.7. The molecule has 1 aliphatic carbocycles. The van der Waals surface area contributed by atoms with Crippen molar-refractivity contribution in [2.45, 2.75) is 52.1 Å². The molecule has 12 heteroatoms. The van der Waals surface area contributed by atoms with Crippen LogP contribution in [0.15, 0.2) is 73.0 Å². The Morgan fingerprint density at radius 2 is 1.74 bits per heavy atom. The van der Waals surface area contributed by atoms with E-state index in [4.69, 9.17) is 25.0 Å². The van der Waals surface area contributed by atoms with Gasteiger partial charge in [-0.05, 0) is 23.1 Å². The molecule has 53 heavy (non-hydrogen) atoms. The standard InChI is InChI=1S/C41H45N3O9/c1-5-18-50-40(49)36-30(24(3)35-33(38(47)43(35)36)25(4)39(48)53-52-19-6-2)23-51-31-9-7-8-28-34(31)27-11-10-26(20-29(27)37(28)46)22-44-15-12-41(13-16-44,14-17-44)21-32(42)45/h5-11,20,24-25,33,35H,1-2,12-19,21-23H2,3-4H3,(H-,42,45)/p+1/t24-,25?,33?,35?,41?,44?/m0/s1. The fraction of sp³-hybridized carbons (Fsp3) is 0.439. The van der Waals surface area contributed by atoms with Crippen molar-refractivity contribution in [1.29, 1.82) is 0 Å². The lowest BCUT2D eigenvalue weighted by atomic mass is 9.68. The molecule has 278 valence electrons. The molecular formula is C41H46N3O9+. The molecule has 4 atom stereocenters. The molecule has 0 radical (unpaired) electrons. The van der Waals surface area contributed by atoms with Crippen LogP contribution in [0.25, 0.3) is 11.1 Å². The summed E-state index contributed by atoms with van der Waals surface area (Å²) in [4.78, 5) is 76.4. The van der Waals surface area contributed by atoms with Crippen LogP contribution in [0.1, 0.15) is 61.0 Å². The Morgan fingerprint density at radius 1 is 1.02 bits per heavy atom. The second-order valence-electron chi connectivity index (χ2n) is 15.3. The van der Waals surface area contributed by atoms with Gasteiger partial charge in [-0.25, -0.2) is 9.59 Å². The number of fused-ring (bicyclic) bond motifs is 7. The fourth-order valence-corrected chi connectivity index (χ4v) is 9.31. The maximum atomic E-state index is 13.8. The quantitative estimate of drug-likeness (QED) is 0.0457. The fourth-order valence-electron chi connectivity index (χ4n) is 9.31. The van der Waals surface area contributed by atoms with E-state index in [1.54, 1.807) is 25.1 Å². The van der Waals surface area contributed by atoms with Gasteiger partial charge in [0.1, 0.15) is 37.8 Å². The van der Waals surface area contributed by atoms with Gasteiger partial charge in [0, 0.05) is 59.4 Å². The van der Waals surface area contributed by atoms with Gasteiger partial charge in [-0.15, -0.1) is 6.58 Å². The Morgan fingerprint density at radius 3 is 2.42 bits per heavy atom. The Bertz CT molecular complexity index is 1920. The van der Waals surface area contributed by atoms with E-state index in [-0.39, 0.29) is 48.5 Å². The van der Waals surface area contributed by atoms with E-state index in [1.807, 2.05) is 19.1 Å². The molecular weight excluding hydrogens is 678 g/mol. The number of esters is 1. The SMILES string of the molecule is C=CCOOC(=O)C(C)C1C(=O)N2C(C(=O)OCC=C)=C(COc3cccc4c3-c3ccc(C[N+]56CCC(CC(N)=O)(CC5)CC6)cc3C4=O)[C@H](C)C12. The molecule has 0 saturated carbocycles. The van der Waals surface area contributed by atoms with Crippen LogP contribution in [-0.4, -0.2) is 84.4 Å². The van der Waals surface area contributed by atoms with Gasteiger partial charge in [0.25, 0.3) is 0 Å². The lowest BCUT2D eigenvalue weighted by Crippen LogP contribution is -2.63. The van der Waals surface area contributed by atoms with E-state index in [0.29, 0.717) is 34.4 Å². The number of β-lactam (4-membered cyclic amide) rings is 1. The summed E-state index contributed by atoms with van der Waals surface area (Å²) in [5.74, 6) is -3.53. The highest BCUT2D eigenvalue weighted by Crippen LogP contribution is 2.51. The summed E-state index contributed by atoms with van der Waals surface area (Å²) in [5, 5.41) is 0. The van der Waals surface area contributed by atoms with E-state index in [2.05, 4.69) is 19.2 Å².